The van der Waals surface area contributed by atoms with Gasteiger partial charge in [0.25, 0.3) is 0 Å². The lowest BCUT2D eigenvalue weighted by atomic mass is 9.62. The average Bonchev–Trinajstić information content (AvgIpc) is 2.51. The van der Waals surface area contributed by atoms with E-state index in [1.54, 1.807) is 12.1 Å². The van der Waals surface area contributed by atoms with Gasteiger partial charge in [-0.15, -0.1) is 0 Å². The maximum absolute atomic E-state index is 9.58. The Kier molecular flexibility index (Phi) is 3.87. The minimum absolute atomic E-state index is 0.157. The van der Waals surface area contributed by atoms with Crippen LogP contribution in [-0.2, 0) is 5.41 Å². The molecule has 0 radical (unpaired) electrons. The van der Waals surface area contributed by atoms with E-state index in [4.69, 9.17) is 0 Å². The highest BCUT2D eigenvalue weighted by Crippen LogP contribution is 2.44. The molecule has 0 aromatic heterocycles. The zero-order valence-electron chi connectivity index (χ0n) is 12.7. The van der Waals surface area contributed by atoms with Crippen LogP contribution >= 0.6 is 0 Å². The lowest BCUT2D eigenvalue weighted by Crippen LogP contribution is -2.51. The summed E-state index contributed by atoms with van der Waals surface area (Å²) in [7, 11) is 0. The Morgan fingerprint density at radius 1 is 1.18 bits per heavy atom. The molecular weight excluding hydrogens is 272 g/mol. The van der Waals surface area contributed by atoms with Gasteiger partial charge in [0, 0.05) is 12.1 Å². The summed E-state index contributed by atoms with van der Waals surface area (Å²) < 4.78 is 0. The minimum atomic E-state index is -0.350. The molecule has 2 aromatic carbocycles. The van der Waals surface area contributed by atoms with Crippen LogP contribution in [0.1, 0.15) is 36.9 Å². The van der Waals surface area contributed by atoms with E-state index < -0.39 is 0 Å². The summed E-state index contributed by atoms with van der Waals surface area (Å²) in [6.07, 6.45) is 1.66. The van der Waals surface area contributed by atoms with Crippen molar-refractivity contribution in [2.24, 2.45) is 0 Å². The molecule has 3 rings (SSSR count). The van der Waals surface area contributed by atoms with Gasteiger partial charge in [0.1, 0.15) is 5.75 Å². The first-order valence-corrected chi connectivity index (χ1v) is 7.65. The largest absolute Gasteiger partial charge is 0.508 e. The SMILES string of the molecule is CC(NC1CC(C#N)(c2ccccc2)C1)c1cccc(O)c1. The van der Waals surface area contributed by atoms with Gasteiger partial charge in [-0.1, -0.05) is 42.5 Å². The number of hydrogen-bond acceptors (Lipinski definition) is 3. The molecule has 22 heavy (non-hydrogen) atoms. The van der Waals surface area contributed by atoms with Gasteiger partial charge in [-0.3, -0.25) is 0 Å². The standard InChI is InChI=1S/C19H20N2O/c1-14(15-6-5-9-18(22)10-15)21-17-11-19(12-17,13-20)16-7-3-2-4-8-16/h2-10,14,17,21-22H,11-12H2,1H3. The highest BCUT2D eigenvalue weighted by atomic mass is 16.3. The van der Waals surface area contributed by atoms with Crippen molar-refractivity contribution in [2.75, 3.05) is 0 Å². The molecule has 1 fully saturated rings. The van der Waals surface area contributed by atoms with Gasteiger partial charge in [0.05, 0.1) is 11.5 Å². The van der Waals surface area contributed by atoms with Crippen molar-refractivity contribution in [1.29, 1.82) is 5.26 Å². The highest BCUT2D eigenvalue weighted by molar-refractivity contribution is 5.37. The summed E-state index contributed by atoms with van der Waals surface area (Å²) in [5.74, 6) is 0.287. The van der Waals surface area contributed by atoms with E-state index in [2.05, 4.69) is 18.3 Å². The predicted molar refractivity (Wildman–Crippen MR) is 86.4 cm³/mol. The Hall–Kier alpha value is -2.31. The zero-order chi connectivity index (χ0) is 15.6. The van der Waals surface area contributed by atoms with Crippen molar-refractivity contribution in [1.82, 2.24) is 5.32 Å². The molecule has 1 saturated carbocycles. The zero-order valence-corrected chi connectivity index (χ0v) is 12.7. The third-order valence-electron chi connectivity index (χ3n) is 4.59. The Morgan fingerprint density at radius 3 is 2.55 bits per heavy atom. The second-order valence-corrected chi connectivity index (χ2v) is 6.15. The molecule has 3 heteroatoms. The molecule has 0 amide bonds. The Labute approximate surface area is 131 Å². The molecule has 0 aliphatic heterocycles. The van der Waals surface area contributed by atoms with Gasteiger partial charge in [0.2, 0.25) is 0 Å². The number of rotatable bonds is 4. The molecule has 0 heterocycles. The molecule has 2 N–H and O–H groups in total. The molecule has 1 atom stereocenters. The molecule has 1 aliphatic rings. The van der Waals surface area contributed by atoms with E-state index in [1.165, 1.54) is 0 Å². The van der Waals surface area contributed by atoms with Gasteiger partial charge in [-0.2, -0.15) is 5.26 Å². The van der Waals surface area contributed by atoms with Crippen LogP contribution in [0.15, 0.2) is 54.6 Å². The monoisotopic (exact) mass is 292 g/mol. The molecule has 0 spiro atoms. The van der Waals surface area contributed by atoms with E-state index in [0.29, 0.717) is 6.04 Å². The normalized spacial score (nSPS) is 25.0. The second-order valence-electron chi connectivity index (χ2n) is 6.15. The topological polar surface area (TPSA) is 56.0 Å². The maximum Gasteiger partial charge on any atom is 0.115 e. The smallest absolute Gasteiger partial charge is 0.115 e. The first-order chi connectivity index (χ1) is 10.6. The average molecular weight is 292 g/mol. The number of benzene rings is 2. The number of hydrogen-bond donors (Lipinski definition) is 2. The van der Waals surface area contributed by atoms with E-state index >= 15 is 0 Å². The van der Waals surface area contributed by atoms with Crippen LogP contribution < -0.4 is 5.32 Å². The van der Waals surface area contributed by atoms with Crippen molar-refractivity contribution in [3.05, 3.63) is 65.7 Å². The Bertz CT molecular complexity index is 684. The van der Waals surface area contributed by atoms with Gasteiger partial charge in [-0.25, -0.2) is 0 Å². The van der Waals surface area contributed by atoms with Crippen molar-refractivity contribution in [3.8, 4) is 11.8 Å². The quantitative estimate of drug-likeness (QED) is 0.904. The summed E-state index contributed by atoms with van der Waals surface area (Å²) in [4.78, 5) is 0. The summed E-state index contributed by atoms with van der Waals surface area (Å²) in [6, 6.07) is 20.3. The Morgan fingerprint density at radius 2 is 1.91 bits per heavy atom. The fourth-order valence-electron chi connectivity index (χ4n) is 3.29. The van der Waals surface area contributed by atoms with E-state index in [-0.39, 0.29) is 17.2 Å². The van der Waals surface area contributed by atoms with E-state index in [9.17, 15) is 10.4 Å². The fraction of sp³-hybridized carbons (Fsp3) is 0.316. The molecule has 1 unspecified atom stereocenters. The van der Waals surface area contributed by atoms with Gasteiger partial charge in [0.15, 0.2) is 0 Å². The number of nitrogens with zero attached hydrogens (tertiary/aromatic N) is 1. The molecule has 3 nitrogen and oxygen atoms in total. The number of aromatic hydroxyl groups is 1. The Balaban J connectivity index is 1.65. The third kappa shape index (κ3) is 2.70. The maximum atomic E-state index is 9.58. The molecule has 1 aliphatic carbocycles. The highest BCUT2D eigenvalue weighted by Gasteiger charge is 2.46. The summed E-state index contributed by atoms with van der Waals surface area (Å²) in [6.45, 7) is 2.09. The van der Waals surface area contributed by atoms with Crippen LogP contribution in [0.4, 0.5) is 0 Å². The number of nitrogens with one attached hydrogen (secondary N) is 1. The number of phenolic OH excluding ortho intramolecular Hbond substituents is 1. The van der Waals surface area contributed by atoms with Crippen LogP contribution in [0.3, 0.4) is 0 Å². The van der Waals surface area contributed by atoms with Gasteiger partial charge < -0.3 is 10.4 Å². The molecule has 2 aromatic rings. The van der Waals surface area contributed by atoms with Gasteiger partial charge in [-0.05, 0) is 43.0 Å². The molecular formula is C19H20N2O. The van der Waals surface area contributed by atoms with Crippen molar-refractivity contribution < 1.29 is 5.11 Å². The lowest BCUT2D eigenvalue weighted by Gasteiger charge is -2.44. The van der Waals surface area contributed by atoms with Crippen LogP contribution in [0.2, 0.25) is 0 Å². The number of phenols is 1. The molecule has 112 valence electrons. The first-order valence-electron chi connectivity index (χ1n) is 7.65. The fourth-order valence-corrected chi connectivity index (χ4v) is 3.29. The lowest BCUT2D eigenvalue weighted by molar-refractivity contribution is 0.212. The van der Waals surface area contributed by atoms with E-state index in [1.807, 2.05) is 42.5 Å². The van der Waals surface area contributed by atoms with Crippen molar-refractivity contribution in [2.45, 2.75) is 37.3 Å². The minimum Gasteiger partial charge on any atom is -0.508 e. The van der Waals surface area contributed by atoms with Crippen molar-refractivity contribution in [3.63, 3.8) is 0 Å². The van der Waals surface area contributed by atoms with Crippen LogP contribution in [0, 0.1) is 11.3 Å². The predicted octanol–water partition coefficient (Wildman–Crippen LogP) is 3.67. The second kappa shape index (κ2) is 5.82. The first kappa shape index (κ1) is 14.6. The summed E-state index contributed by atoms with van der Waals surface area (Å²) in [5.41, 5.74) is 1.83. The molecule has 0 saturated heterocycles. The van der Waals surface area contributed by atoms with Gasteiger partial charge >= 0.3 is 0 Å². The van der Waals surface area contributed by atoms with Crippen LogP contribution in [0.5, 0.6) is 5.75 Å². The summed E-state index contributed by atoms with van der Waals surface area (Å²) in [5, 5.41) is 22.7. The van der Waals surface area contributed by atoms with Crippen LogP contribution in [-0.4, -0.2) is 11.1 Å². The number of nitriles is 1. The van der Waals surface area contributed by atoms with Crippen LogP contribution in [0.25, 0.3) is 0 Å². The summed E-state index contributed by atoms with van der Waals surface area (Å²) >= 11 is 0. The third-order valence-corrected chi connectivity index (χ3v) is 4.59. The van der Waals surface area contributed by atoms with Crippen molar-refractivity contribution >= 4 is 0 Å². The van der Waals surface area contributed by atoms with E-state index in [0.717, 1.165) is 24.0 Å². The molecule has 0 bridgehead atoms.